The van der Waals surface area contributed by atoms with E-state index in [-0.39, 0.29) is 45.2 Å². The van der Waals surface area contributed by atoms with Gasteiger partial charge in [-0.3, -0.25) is 25.1 Å². The molecule has 4 rings (SSSR count). The van der Waals surface area contributed by atoms with Gasteiger partial charge >= 0.3 is 30.1 Å². The van der Waals surface area contributed by atoms with Gasteiger partial charge < -0.3 is 44.4 Å². The SMILES string of the molecule is C=Cc1cc(C(=O)Nc2ccc(C(=N)NC(=O)OC(C)OC(C)=O)cc2)c(-c2ccc(C(=O)NCC3CC3)nc2C(=O)OCOC(=O)[C@@H](NC(=O)OC(C)(C)C)C(C)C)cc1OC. The van der Waals surface area contributed by atoms with Gasteiger partial charge in [0.25, 0.3) is 11.8 Å². The maximum atomic E-state index is 14.1. The zero-order valence-electron chi connectivity index (χ0n) is 36.3. The summed E-state index contributed by atoms with van der Waals surface area (Å²) in [6.07, 6.45) is 0.339. The standard InChI is InChI=1S/C44H52N6O13/c1-10-27-19-32(38(52)47-29-15-13-28(14-16-29)37(45)50-42(56)62-25(5)61-24(4)51)31(20-34(27)58-9)30-17-18-33(39(53)46-21-26-11-12-26)48-36(30)41(55)60-22-59-40(54)35(23(2)3)49-43(57)63-44(6,7)8/h10,13-20,23,25-26,35H,1,11-12,21-22H2,2-9H3,(H,46,53)(H,47,52)(H,49,57)(H2,45,50,56)/t25?,35-/m0/s1. The second-order valence-corrected chi connectivity index (χ2v) is 15.6. The summed E-state index contributed by atoms with van der Waals surface area (Å²) in [5.74, 6) is -4.09. The molecule has 1 aliphatic carbocycles. The van der Waals surface area contributed by atoms with E-state index >= 15 is 0 Å². The fourth-order valence-corrected chi connectivity index (χ4v) is 5.71. The largest absolute Gasteiger partial charge is 0.496 e. The predicted octanol–water partition coefficient (Wildman–Crippen LogP) is 5.96. The Morgan fingerprint density at radius 3 is 2.17 bits per heavy atom. The fourth-order valence-electron chi connectivity index (χ4n) is 5.71. The summed E-state index contributed by atoms with van der Waals surface area (Å²) in [6, 6.07) is 10.5. The van der Waals surface area contributed by atoms with Crippen LogP contribution in [-0.2, 0) is 33.3 Å². The molecule has 1 aliphatic rings. The van der Waals surface area contributed by atoms with E-state index in [1.165, 1.54) is 68.6 Å². The molecule has 0 spiro atoms. The van der Waals surface area contributed by atoms with Crippen molar-refractivity contribution in [1.29, 1.82) is 5.41 Å². The van der Waals surface area contributed by atoms with Crippen LogP contribution in [0.25, 0.3) is 17.2 Å². The molecule has 0 saturated heterocycles. The summed E-state index contributed by atoms with van der Waals surface area (Å²) in [7, 11) is 1.40. The molecule has 3 aromatic rings. The molecule has 0 aliphatic heterocycles. The van der Waals surface area contributed by atoms with Gasteiger partial charge in [-0.25, -0.2) is 24.2 Å². The first-order valence-electron chi connectivity index (χ1n) is 19.8. The number of carbonyl (C=O) groups is 7. The van der Waals surface area contributed by atoms with Gasteiger partial charge in [-0.1, -0.05) is 26.5 Å². The van der Waals surface area contributed by atoms with Crippen LogP contribution in [0.5, 0.6) is 5.75 Å². The number of nitrogens with one attached hydrogen (secondary N) is 5. The third-order valence-corrected chi connectivity index (χ3v) is 8.94. The zero-order valence-corrected chi connectivity index (χ0v) is 36.3. The normalized spacial score (nSPS) is 13.0. The van der Waals surface area contributed by atoms with Gasteiger partial charge in [0.1, 0.15) is 28.9 Å². The van der Waals surface area contributed by atoms with E-state index < -0.39 is 78.2 Å². The molecule has 19 heteroatoms. The number of hydrogen-bond donors (Lipinski definition) is 5. The molecule has 1 unspecified atom stereocenters. The number of nitrogens with zero attached hydrogens (tertiary/aromatic N) is 1. The van der Waals surface area contributed by atoms with E-state index in [4.69, 9.17) is 33.8 Å². The predicted molar refractivity (Wildman–Crippen MR) is 228 cm³/mol. The second-order valence-electron chi connectivity index (χ2n) is 15.6. The Kier molecular flexibility index (Phi) is 16.5. The van der Waals surface area contributed by atoms with Crippen LogP contribution in [0.1, 0.15) is 104 Å². The lowest BCUT2D eigenvalue weighted by molar-refractivity contribution is -0.162. The summed E-state index contributed by atoms with van der Waals surface area (Å²) in [5, 5.41) is 18.5. The highest BCUT2D eigenvalue weighted by atomic mass is 16.7. The van der Waals surface area contributed by atoms with Crippen molar-refractivity contribution in [1.82, 2.24) is 20.9 Å². The van der Waals surface area contributed by atoms with Crippen molar-refractivity contribution in [2.45, 2.75) is 79.2 Å². The average Bonchev–Trinajstić information content (AvgIpc) is 4.05. The molecule has 4 amide bonds. The number of ether oxygens (including phenoxy) is 6. The van der Waals surface area contributed by atoms with E-state index in [1.54, 1.807) is 34.6 Å². The van der Waals surface area contributed by atoms with Crippen LogP contribution in [0.15, 0.2) is 55.1 Å². The van der Waals surface area contributed by atoms with E-state index in [9.17, 15) is 33.6 Å². The van der Waals surface area contributed by atoms with E-state index in [2.05, 4.69) is 32.8 Å². The summed E-state index contributed by atoms with van der Waals surface area (Å²) in [6.45, 7) is 14.1. The average molecular weight is 873 g/mol. The highest BCUT2D eigenvalue weighted by molar-refractivity contribution is 6.11. The number of amidine groups is 1. The summed E-state index contributed by atoms with van der Waals surface area (Å²) < 4.78 is 31.1. The van der Waals surface area contributed by atoms with Gasteiger partial charge in [0, 0.05) is 53.9 Å². The first-order valence-corrected chi connectivity index (χ1v) is 19.8. The van der Waals surface area contributed by atoms with Gasteiger partial charge in [0.2, 0.25) is 13.1 Å². The van der Waals surface area contributed by atoms with Crippen molar-refractivity contribution in [2.75, 3.05) is 25.8 Å². The lowest BCUT2D eigenvalue weighted by Gasteiger charge is -2.24. The fraction of sp³-hybridized carbons (Fsp3) is 0.386. The Labute approximate surface area is 364 Å². The Morgan fingerprint density at radius 2 is 1.59 bits per heavy atom. The number of esters is 3. The van der Waals surface area contributed by atoms with Crippen LogP contribution < -0.4 is 26.0 Å². The number of benzene rings is 2. The summed E-state index contributed by atoms with van der Waals surface area (Å²) in [5.41, 5.74) is -0.264. The van der Waals surface area contributed by atoms with Gasteiger partial charge in [-0.2, -0.15) is 0 Å². The molecule has 2 atom stereocenters. The third-order valence-electron chi connectivity index (χ3n) is 8.94. The molecule has 2 aromatic carbocycles. The van der Waals surface area contributed by atoms with Crippen molar-refractivity contribution in [3.63, 3.8) is 0 Å². The van der Waals surface area contributed by atoms with Crippen molar-refractivity contribution in [2.24, 2.45) is 11.8 Å². The monoisotopic (exact) mass is 872 g/mol. The van der Waals surface area contributed by atoms with Crippen molar-refractivity contribution in [3.8, 4) is 16.9 Å². The Hall–Kier alpha value is -7.31. The zero-order chi connectivity index (χ0) is 46.6. The van der Waals surface area contributed by atoms with Crippen LogP contribution >= 0.6 is 0 Å². The number of alkyl carbamates (subject to hydrolysis) is 2. The number of amides is 4. The maximum Gasteiger partial charge on any atom is 0.415 e. The Bertz CT molecular complexity index is 2250. The Morgan fingerprint density at radius 1 is 0.905 bits per heavy atom. The molecule has 5 N–H and O–H groups in total. The molecular weight excluding hydrogens is 821 g/mol. The molecule has 0 bridgehead atoms. The van der Waals surface area contributed by atoms with Crippen molar-refractivity contribution >= 4 is 59.5 Å². The summed E-state index contributed by atoms with van der Waals surface area (Å²) in [4.78, 5) is 94.3. The highest BCUT2D eigenvalue weighted by Crippen LogP contribution is 2.35. The maximum absolute atomic E-state index is 14.1. The van der Waals surface area contributed by atoms with E-state index in [0.29, 0.717) is 18.0 Å². The van der Waals surface area contributed by atoms with Crippen molar-refractivity contribution in [3.05, 3.63) is 83.2 Å². The minimum atomic E-state index is -1.19. The first-order chi connectivity index (χ1) is 29.7. The van der Waals surface area contributed by atoms with Gasteiger partial charge in [-0.05, 0) is 94.0 Å². The molecule has 336 valence electrons. The number of methoxy groups -OCH3 is 1. The number of hydrogen-bond acceptors (Lipinski definition) is 15. The second kappa shape index (κ2) is 21.5. The van der Waals surface area contributed by atoms with Crippen LogP contribution in [0.3, 0.4) is 0 Å². The molecule has 19 nitrogen and oxygen atoms in total. The molecule has 0 radical (unpaired) electrons. The van der Waals surface area contributed by atoms with Crippen LogP contribution in [0, 0.1) is 17.2 Å². The number of rotatable bonds is 17. The van der Waals surface area contributed by atoms with Gasteiger partial charge in [-0.15, -0.1) is 0 Å². The molecular formula is C44H52N6O13. The molecule has 1 fully saturated rings. The number of aromatic nitrogens is 1. The smallest absolute Gasteiger partial charge is 0.415 e. The van der Waals surface area contributed by atoms with Gasteiger partial charge in [0.05, 0.1) is 7.11 Å². The lowest BCUT2D eigenvalue weighted by atomic mass is 9.94. The first kappa shape index (κ1) is 48.4. The molecule has 1 saturated carbocycles. The van der Waals surface area contributed by atoms with Crippen LogP contribution in [0.4, 0.5) is 15.3 Å². The Balaban J connectivity index is 1.63. The molecule has 1 aromatic heterocycles. The van der Waals surface area contributed by atoms with Crippen LogP contribution in [0.2, 0.25) is 0 Å². The number of carbonyl (C=O) groups excluding carboxylic acids is 7. The minimum Gasteiger partial charge on any atom is -0.496 e. The molecule has 1 heterocycles. The minimum absolute atomic E-state index is 0.00929. The molecule has 63 heavy (non-hydrogen) atoms. The van der Waals surface area contributed by atoms with Gasteiger partial charge in [0.15, 0.2) is 5.69 Å². The quantitative estimate of drug-likeness (QED) is 0.0345. The third kappa shape index (κ3) is 14.4. The number of pyridine rings is 1. The lowest BCUT2D eigenvalue weighted by Crippen LogP contribution is -2.47. The highest BCUT2D eigenvalue weighted by Gasteiger charge is 2.30. The number of anilines is 1. The summed E-state index contributed by atoms with van der Waals surface area (Å²) >= 11 is 0. The topological polar surface area (TPSA) is 260 Å². The van der Waals surface area contributed by atoms with E-state index in [1.807, 2.05) is 0 Å². The van der Waals surface area contributed by atoms with Crippen molar-refractivity contribution < 1.29 is 62.0 Å². The van der Waals surface area contributed by atoms with E-state index in [0.717, 1.165) is 19.8 Å². The van der Waals surface area contributed by atoms with Crippen LogP contribution in [-0.4, -0.2) is 91.1 Å².